The van der Waals surface area contributed by atoms with Gasteiger partial charge in [0.2, 0.25) is 5.88 Å². The van der Waals surface area contributed by atoms with Crippen molar-refractivity contribution in [2.75, 3.05) is 58.9 Å². The number of hydrogen-bond donors (Lipinski definition) is 5. The van der Waals surface area contributed by atoms with Crippen molar-refractivity contribution >= 4 is 21.5 Å². The van der Waals surface area contributed by atoms with E-state index in [1.54, 1.807) is 18.2 Å². The number of aliphatic hydroxyl groups is 2. The third kappa shape index (κ3) is 7.32. The summed E-state index contributed by atoms with van der Waals surface area (Å²) in [6, 6.07) is 4.94. The molecule has 0 amide bonds. The number of likely N-dealkylation sites (tertiary alicyclic amines) is 2. The fourth-order valence-corrected chi connectivity index (χ4v) is 8.87. The number of benzene rings is 2. The van der Waals surface area contributed by atoms with Crippen LogP contribution in [0.1, 0.15) is 50.3 Å². The molecule has 4 atom stereocenters. The molecule has 1 aromatic carbocycles. The van der Waals surface area contributed by atoms with Crippen molar-refractivity contribution < 1.29 is 20.1 Å². The van der Waals surface area contributed by atoms with Gasteiger partial charge >= 0.3 is 5.69 Å². The van der Waals surface area contributed by atoms with Crippen molar-refractivity contribution in [2.24, 2.45) is 4.99 Å². The number of aromatic nitrogens is 4. The Hall–Kier alpha value is -4.78. The van der Waals surface area contributed by atoms with E-state index < -0.39 is 52.5 Å². The summed E-state index contributed by atoms with van der Waals surface area (Å²) >= 11 is 0. The Morgan fingerprint density at radius 1 is 0.825 bits per heavy atom. The molecule has 8 rings (SSSR count). The third-order valence-electron chi connectivity index (χ3n) is 12.0. The Morgan fingerprint density at radius 3 is 2.19 bits per heavy atom. The molecule has 304 valence electrons. The van der Waals surface area contributed by atoms with E-state index in [1.807, 2.05) is 0 Å². The Balaban J connectivity index is 1.04. The molecule has 4 aliphatic heterocycles. The number of aliphatic hydroxyl groups excluding tert-OH is 2. The minimum Gasteiger partial charge on any atom is -0.494 e. The SMILES string of the molecule is Cc1cn([C@@H]2O[C@H](CCCNCCN=c3cc4c(=O)n(CCN5CCCC5)c(=O)c5ccc6c(O)n(CCN7CCCC7)c(=O)c3c6c5-4)[C@@H](O)[C@H]2O)c(=O)[nH]c1=O. The summed E-state index contributed by atoms with van der Waals surface area (Å²) in [7, 11) is 0. The van der Waals surface area contributed by atoms with E-state index in [0.29, 0.717) is 66.1 Å². The van der Waals surface area contributed by atoms with Crippen LogP contribution in [0.15, 0.2) is 53.4 Å². The molecule has 6 heterocycles. The number of hydrogen-bond acceptors (Lipinski definition) is 13. The molecule has 3 saturated heterocycles. The first-order chi connectivity index (χ1) is 27.5. The number of rotatable bonds is 14. The van der Waals surface area contributed by atoms with Crippen LogP contribution in [-0.4, -0.2) is 121 Å². The molecule has 5 N–H and O–H groups in total. The molecule has 0 spiro atoms. The van der Waals surface area contributed by atoms with Crippen molar-refractivity contribution in [2.45, 2.75) is 83.1 Å². The van der Waals surface area contributed by atoms with E-state index >= 15 is 0 Å². The van der Waals surface area contributed by atoms with Crippen molar-refractivity contribution in [1.29, 1.82) is 0 Å². The fraction of sp³-hybridized carbons (Fsp3) is 0.550. The maximum atomic E-state index is 14.3. The molecule has 57 heavy (non-hydrogen) atoms. The summed E-state index contributed by atoms with van der Waals surface area (Å²) in [5, 5.41) is 37.8. The van der Waals surface area contributed by atoms with Crippen LogP contribution in [-0.2, 0) is 17.8 Å². The van der Waals surface area contributed by atoms with E-state index in [-0.39, 0.29) is 42.0 Å². The zero-order chi connectivity index (χ0) is 40.0. The van der Waals surface area contributed by atoms with Crippen LogP contribution >= 0.6 is 0 Å². The highest BCUT2D eigenvalue weighted by Crippen LogP contribution is 2.37. The van der Waals surface area contributed by atoms with Gasteiger partial charge in [-0.15, -0.1) is 0 Å². The van der Waals surface area contributed by atoms with Gasteiger partial charge in [-0.2, -0.15) is 0 Å². The van der Waals surface area contributed by atoms with Crippen LogP contribution in [0, 0.1) is 6.92 Å². The maximum absolute atomic E-state index is 14.3. The lowest BCUT2D eigenvalue weighted by Crippen LogP contribution is -2.39. The first-order valence-corrected chi connectivity index (χ1v) is 20.1. The second-order valence-corrected chi connectivity index (χ2v) is 15.7. The van der Waals surface area contributed by atoms with Gasteiger partial charge in [0.05, 0.1) is 29.0 Å². The van der Waals surface area contributed by atoms with Gasteiger partial charge in [-0.25, -0.2) is 4.79 Å². The van der Waals surface area contributed by atoms with Crippen molar-refractivity contribution in [3.8, 4) is 17.0 Å². The van der Waals surface area contributed by atoms with Gasteiger partial charge < -0.3 is 35.2 Å². The molecule has 0 radical (unpaired) electrons. The second kappa shape index (κ2) is 16.2. The van der Waals surface area contributed by atoms with Crippen LogP contribution in [0.2, 0.25) is 0 Å². The first-order valence-electron chi connectivity index (χ1n) is 20.1. The van der Waals surface area contributed by atoms with Gasteiger partial charge in [0.15, 0.2) is 6.23 Å². The quantitative estimate of drug-likeness (QED) is 0.0698. The summed E-state index contributed by atoms with van der Waals surface area (Å²) < 4.78 is 9.60. The highest BCUT2D eigenvalue weighted by atomic mass is 16.6. The van der Waals surface area contributed by atoms with Crippen molar-refractivity contribution in [3.05, 3.63) is 87.2 Å². The van der Waals surface area contributed by atoms with Crippen LogP contribution in [0.3, 0.4) is 0 Å². The summed E-state index contributed by atoms with van der Waals surface area (Å²) in [6.07, 6.45) is 2.08. The summed E-state index contributed by atoms with van der Waals surface area (Å²) in [6.45, 7) is 8.09. The molecule has 2 aromatic heterocycles. The lowest BCUT2D eigenvalue weighted by atomic mass is 9.90. The van der Waals surface area contributed by atoms with Crippen molar-refractivity contribution in [1.82, 2.24) is 33.8 Å². The van der Waals surface area contributed by atoms with Gasteiger partial charge in [0.1, 0.15) is 12.2 Å². The molecular weight excluding hydrogens is 736 g/mol. The highest BCUT2D eigenvalue weighted by Gasteiger charge is 2.43. The molecule has 0 bridgehead atoms. The third-order valence-corrected chi connectivity index (χ3v) is 12.0. The first kappa shape index (κ1) is 39.1. The highest BCUT2D eigenvalue weighted by molar-refractivity contribution is 6.15. The van der Waals surface area contributed by atoms with E-state index in [9.17, 15) is 39.3 Å². The van der Waals surface area contributed by atoms with Gasteiger partial charge in [0.25, 0.3) is 22.2 Å². The van der Waals surface area contributed by atoms with E-state index in [4.69, 9.17) is 9.73 Å². The minimum atomic E-state index is -1.37. The maximum Gasteiger partial charge on any atom is 0.330 e. The van der Waals surface area contributed by atoms with E-state index in [0.717, 1.165) is 56.4 Å². The normalized spacial score (nSPS) is 22.4. The Labute approximate surface area is 326 Å². The van der Waals surface area contributed by atoms with Gasteiger partial charge in [-0.3, -0.25) is 42.9 Å². The lowest BCUT2D eigenvalue weighted by Gasteiger charge is -2.21. The zero-order valence-corrected chi connectivity index (χ0v) is 32.1. The smallest absolute Gasteiger partial charge is 0.330 e. The predicted molar refractivity (Wildman–Crippen MR) is 213 cm³/mol. The zero-order valence-electron chi connectivity index (χ0n) is 32.1. The Bertz CT molecular complexity index is 2590. The van der Waals surface area contributed by atoms with Crippen LogP contribution in [0.5, 0.6) is 5.88 Å². The summed E-state index contributed by atoms with van der Waals surface area (Å²) in [5.74, 6) is -0.199. The number of ether oxygens (including phenoxy) is 1. The summed E-state index contributed by atoms with van der Waals surface area (Å²) in [5.41, 5.74) is -1.65. The van der Waals surface area contributed by atoms with Gasteiger partial charge in [0, 0.05) is 66.2 Å². The molecule has 5 aliphatic rings. The monoisotopic (exact) mass is 786 g/mol. The number of aryl methyl sites for hydroxylation is 1. The number of nitrogens with zero attached hydrogens (tertiary/aromatic N) is 6. The second-order valence-electron chi connectivity index (χ2n) is 15.7. The average Bonchev–Trinajstić information content (AvgIpc) is 3.98. The number of nitrogens with one attached hydrogen (secondary N) is 2. The minimum absolute atomic E-state index is 0.199. The van der Waals surface area contributed by atoms with Gasteiger partial charge in [-0.1, -0.05) is 0 Å². The Morgan fingerprint density at radius 2 is 1.49 bits per heavy atom. The number of H-pyrrole nitrogens is 1. The number of aromatic amines is 1. The molecule has 3 aromatic rings. The standard InChI is InChI=1S/C40H50N8O9/c1-23-22-48(40(56)43-34(23)51)39-33(50)32(49)28(57-39)7-6-10-41-11-12-42-27-21-26-29-24(35(52)46(37(26)54)19-17-44-13-2-3-14-44)8-9-25-30(29)31(27)38(55)47(36(25)53)20-18-45-15-4-5-16-45/h8-9,21-22,28,32-33,39,41,49-50,53H,2-7,10-20H2,1H3,(H,43,51,56)/t28-,32-,33-,39-/m1/s1. The topological polar surface area (TPSA) is 217 Å². The van der Waals surface area contributed by atoms with Crippen molar-refractivity contribution in [3.63, 3.8) is 0 Å². The molecule has 17 heteroatoms. The molecular formula is C40H50N8O9. The van der Waals surface area contributed by atoms with E-state index in [1.165, 1.54) is 22.3 Å². The predicted octanol–water partition coefficient (Wildman–Crippen LogP) is -0.697. The molecule has 1 aliphatic carbocycles. The molecule has 3 fully saturated rings. The van der Waals surface area contributed by atoms with E-state index in [2.05, 4.69) is 20.1 Å². The number of pyridine rings is 2. The summed E-state index contributed by atoms with van der Waals surface area (Å²) in [4.78, 5) is 78.0. The molecule has 17 nitrogen and oxygen atoms in total. The largest absolute Gasteiger partial charge is 0.494 e. The molecule has 0 saturated carbocycles. The van der Waals surface area contributed by atoms with Crippen LogP contribution < -0.4 is 38.6 Å². The van der Waals surface area contributed by atoms with Crippen LogP contribution in [0.25, 0.3) is 32.7 Å². The number of aromatic hydroxyl groups is 1. The average molecular weight is 787 g/mol. The lowest BCUT2D eigenvalue weighted by molar-refractivity contribution is -0.0422. The Kier molecular flexibility index (Phi) is 11.1. The van der Waals surface area contributed by atoms with Crippen LogP contribution in [0.4, 0.5) is 0 Å². The molecule has 0 unspecified atom stereocenters. The van der Waals surface area contributed by atoms with Gasteiger partial charge in [-0.05, 0) is 96.4 Å². The fourth-order valence-electron chi connectivity index (χ4n) is 8.87.